The van der Waals surface area contributed by atoms with E-state index >= 15 is 0 Å². The molecule has 144 valence electrons. The van der Waals surface area contributed by atoms with Crippen LogP contribution in [0.15, 0.2) is 23.7 Å². The zero-order chi connectivity index (χ0) is 19.4. The second-order valence-electron chi connectivity index (χ2n) is 6.36. The Balaban J connectivity index is 1.59. The van der Waals surface area contributed by atoms with Crippen LogP contribution in [0.2, 0.25) is 10.0 Å². The number of nitrogens with zero attached hydrogens (tertiary/aromatic N) is 3. The Morgan fingerprint density at radius 1 is 1.33 bits per heavy atom. The first kappa shape index (κ1) is 20.0. The van der Waals surface area contributed by atoms with Crippen molar-refractivity contribution in [1.29, 1.82) is 0 Å². The number of carbonyl (C=O) groups excluding carboxylic acids is 2. The smallest absolute Gasteiger partial charge is 0.241 e. The first-order valence-corrected chi connectivity index (χ1v) is 10.1. The molecule has 1 aromatic heterocycles. The van der Waals surface area contributed by atoms with E-state index in [2.05, 4.69) is 20.8 Å². The molecule has 27 heavy (non-hydrogen) atoms. The van der Waals surface area contributed by atoms with Crippen LogP contribution in [0, 0.1) is 5.92 Å². The Kier molecular flexibility index (Phi) is 6.64. The molecule has 0 bridgehead atoms. The van der Waals surface area contributed by atoms with Crippen molar-refractivity contribution in [2.45, 2.75) is 25.8 Å². The molecule has 1 saturated heterocycles. The Hall–Kier alpha value is -1.74. The topological polar surface area (TPSA) is 87.2 Å². The molecule has 2 amide bonds. The van der Waals surface area contributed by atoms with Gasteiger partial charge in [0.1, 0.15) is 5.51 Å². The number of amides is 2. The van der Waals surface area contributed by atoms with Crippen LogP contribution < -0.4 is 10.6 Å². The van der Waals surface area contributed by atoms with Crippen molar-refractivity contribution in [3.63, 3.8) is 0 Å². The van der Waals surface area contributed by atoms with Crippen LogP contribution in [-0.2, 0) is 9.59 Å². The predicted molar refractivity (Wildman–Crippen MR) is 107 cm³/mol. The third-order valence-electron chi connectivity index (χ3n) is 4.53. The minimum Gasteiger partial charge on any atom is -0.323 e. The van der Waals surface area contributed by atoms with Crippen molar-refractivity contribution < 1.29 is 9.59 Å². The van der Waals surface area contributed by atoms with Gasteiger partial charge in [0, 0.05) is 11.6 Å². The van der Waals surface area contributed by atoms with Crippen molar-refractivity contribution >= 4 is 57.2 Å². The van der Waals surface area contributed by atoms with Crippen LogP contribution >= 0.6 is 34.5 Å². The molecule has 1 aliphatic heterocycles. The van der Waals surface area contributed by atoms with Crippen molar-refractivity contribution in [3.8, 4) is 0 Å². The molecule has 0 radical (unpaired) electrons. The SMILES string of the molecule is C[C@H](C(=O)Nc1ccc(Cl)cc1Cl)N1CCC[C@H](C(=O)Nc2nncs2)C1. The molecular weight excluding hydrogens is 409 g/mol. The van der Waals surface area contributed by atoms with Crippen LogP contribution in [0.25, 0.3) is 0 Å². The number of piperidine rings is 1. The molecule has 1 aliphatic rings. The molecule has 7 nitrogen and oxygen atoms in total. The van der Waals surface area contributed by atoms with E-state index < -0.39 is 6.04 Å². The monoisotopic (exact) mass is 427 g/mol. The summed E-state index contributed by atoms with van der Waals surface area (Å²) in [6.07, 6.45) is 1.62. The number of rotatable bonds is 5. The summed E-state index contributed by atoms with van der Waals surface area (Å²) in [5.74, 6) is -0.466. The van der Waals surface area contributed by atoms with Gasteiger partial charge >= 0.3 is 0 Å². The summed E-state index contributed by atoms with van der Waals surface area (Å²) in [6, 6.07) is 4.53. The van der Waals surface area contributed by atoms with Gasteiger partial charge < -0.3 is 10.6 Å². The maximum Gasteiger partial charge on any atom is 0.241 e. The number of carbonyl (C=O) groups is 2. The van der Waals surface area contributed by atoms with E-state index in [1.807, 2.05) is 11.8 Å². The Bertz CT molecular complexity index is 818. The maximum atomic E-state index is 12.6. The Labute approximate surface area is 171 Å². The van der Waals surface area contributed by atoms with Gasteiger partial charge in [0.15, 0.2) is 0 Å². The molecule has 2 atom stereocenters. The normalized spacial score (nSPS) is 18.7. The lowest BCUT2D eigenvalue weighted by Gasteiger charge is -2.35. The highest BCUT2D eigenvalue weighted by molar-refractivity contribution is 7.13. The molecule has 0 unspecified atom stereocenters. The number of likely N-dealkylation sites (tertiary alicyclic amines) is 1. The lowest BCUT2D eigenvalue weighted by atomic mass is 9.96. The van der Waals surface area contributed by atoms with Gasteiger partial charge in [-0.3, -0.25) is 14.5 Å². The summed E-state index contributed by atoms with van der Waals surface area (Å²) in [7, 11) is 0. The number of benzene rings is 1. The predicted octanol–water partition coefficient (Wildman–Crippen LogP) is 3.52. The number of aromatic nitrogens is 2. The fourth-order valence-electron chi connectivity index (χ4n) is 3.00. The molecule has 10 heteroatoms. The van der Waals surface area contributed by atoms with Crippen molar-refractivity contribution in [2.24, 2.45) is 5.92 Å². The van der Waals surface area contributed by atoms with E-state index in [0.29, 0.717) is 27.4 Å². The summed E-state index contributed by atoms with van der Waals surface area (Å²) in [5, 5.41) is 14.5. The van der Waals surface area contributed by atoms with Crippen molar-refractivity contribution in [3.05, 3.63) is 33.8 Å². The third-order valence-corrected chi connectivity index (χ3v) is 5.68. The zero-order valence-electron chi connectivity index (χ0n) is 14.6. The Morgan fingerprint density at radius 3 is 2.85 bits per heavy atom. The first-order valence-electron chi connectivity index (χ1n) is 8.51. The highest BCUT2D eigenvalue weighted by atomic mass is 35.5. The van der Waals surface area contributed by atoms with E-state index in [-0.39, 0.29) is 17.7 Å². The van der Waals surface area contributed by atoms with Crippen molar-refractivity contribution in [2.75, 3.05) is 23.7 Å². The van der Waals surface area contributed by atoms with Crippen LogP contribution in [-0.4, -0.2) is 46.0 Å². The fraction of sp³-hybridized carbons (Fsp3) is 0.412. The van der Waals surface area contributed by atoms with E-state index in [1.165, 1.54) is 11.3 Å². The molecule has 3 rings (SSSR count). The highest BCUT2D eigenvalue weighted by Crippen LogP contribution is 2.26. The standard InChI is InChI=1S/C17H19Cl2N5O2S/c1-10(15(25)21-14-5-4-12(18)7-13(14)19)24-6-2-3-11(8-24)16(26)22-17-23-20-9-27-17/h4-5,7,9-11H,2-3,6,8H2,1H3,(H,21,25)(H,22,23,26)/t10-,11+/m1/s1. The van der Waals surface area contributed by atoms with E-state index in [1.54, 1.807) is 23.7 Å². The number of hydrogen-bond acceptors (Lipinski definition) is 6. The van der Waals surface area contributed by atoms with Crippen molar-refractivity contribution in [1.82, 2.24) is 15.1 Å². The van der Waals surface area contributed by atoms with Gasteiger partial charge in [-0.25, -0.2) is 0 Å². The summed E-state index contributed by atoms with van der Waals surface area (Å²) < 4.78 is 0. The minimum absolute atomic E-state index is 0.0928. The van der Waals surface area contributed by atoms with E-state index in [9.17, 15) is 9.59 Å². The van der Waals surface area contributed by atoms with Gasteiger partial charge in [0.25, 0.3) is 0 Å². The van der Waals surface area contributed by atoms with Crippen LogP contribution in [0.1, 0.15) is 19.8 Å². The largest absolute Gasteiger partial charge is 0.323 e. The molecule has 1 fully saturated rings. The average molecular weight is 428 g/mol. The highest BCUT2D eigenvalue weighted by Gasteiger charge is 2.31. The maximum absolute atomic E-state index is 12.6. The Morgan fingerprint density at radius 2 is 2.15 bits per heavy atom. The lowest BCUT2D eigenvalue weighted by Crippen LogP contribution is -2.49. The number of anilines is 2. The van der Waals surface area contributed by atoms with E-state index in [0.717, 1.165) is 19.4 Å². The minimum atomic E-state index is -0.395. The van der Waals surface area contributed by atoms with Gasteiger partial charge in [-0.15, -0.1) is 10.2 Å². The number of halogens is 2. The summed E-state index contributed by atoms with van der Waals surface area (Å²) in [4.78, 5) is 27.1. The molecule has 0 aliphatic carbocycles. The van der Waals surface area contributed by atoms with Gasteiger partial charge in [-0.1, -0.05) is 34.5 Å². The fourth-order valence-corrected chi connectivity index (χ4v) is 3.90. The zero-order valence-corrected chi connectivity index (χ0v) is 16.9. The summed E-state index contributed by atoms with van der Waals surface area (Å²) >= 11 is 13.3. The van der Waals surface area contributed by atoms with Gasteiger partial charge in [0.2, 0.25) is 16.9 Å². The number of nitrogens with one attached hydrogen (secondary N) is 2. The van der Waals surface area contributed by atoms with Crippen LogP contribution in [0.4, 0.5) is 10.8 Å². The van der Waals surface area contributed by atoms with Gasteiger partial charge in [-0.2, -0.15) is 0 Å². The molecule has 1 aromatic carbocycles. The quantitative estimate of drug-likeness (QED) is 0.761. The van der Waals surface area contributed by atoms with Gasteiger partial charge in [-0.05, 0) is 44.5 Å². The third kappa shape index (κ3) is 5.16. The molecule has 0 saturated carbocycles. The summed E-state index contributed by atoms with van der Waals surface area (Å²) in [5.41, 5.74) is 2.08. The molecule has 2 aromatic rings. The molecular formula is C17H19Cl2N5O2S. The first-order chi connectivity index (χ1) is 12.9. The van der Waals surface area contributed by atoms with E-state index in [4.69, 9.17) is 23.2 Å². The van der Waals surface area contributed by atoms with Crippen LogP contribution in [0.5, 0.6) is 0 Å². The van der Waals surface area contributed by atoms with Gasteiger partial charge in [0.05, 0.1) is 22.7 Å². The average Bonchev–Trinajstić information content (AvgIpc) is 3.16. The molecule has 0 spiro atoms. The van der Waals surface area contributed by atoms with Crippen LogP contribution in [0.3, 0.4) is 0 Å². The second-order valence-corrected chi connectivity index (χ2v) is 8.03. The molecule has 2 heterocycles. The second kappa shape index (κ2) is 8.97. The summed E-state index contributed by atoms with van der Waals surface area (Å²) in [6.45, 7) is 3.09. The number of hydrogen-bond donors (Lipinski definition) is 2. The molecule has 2 N–H and O–H groups in total. The lowest BCUT2D eigenvalue weighted by molar-refractivity contribution is -0.125.